The molecule has 2 aliphatic rings. The number of para-hydroxylation sites is 1. The summed E-state index contributed by atoms with van der Waals surface area (Å²) in [5.74, 6) is 1.26. The average Bonchev–Trinajstić information content (AvgIpc) is 3.33. The van der Waals surface area contributed by atoms with E-state index in [-0.39, 0.29) is 5.60 Å². The van der Waals surface area contributed by atoms with E-state index < -0.39 is 0 Å². The summed E-state index contributed by atoms with van der Waals surface area (Å²) in [6.07, 6.45) is 3.02. The fraction of sp³-hybridized carbons (Fsp3) is 0.312. The van der Waals surface area contributed by atoms with E-state index in [1.807, 2.05) is 24.3 Å². The number of rotatable bonds is 8. The van der Waals surface area contributed by atoms with Gasteiger partial charge in [0.25, 0.3) is 5.17 Å². The zero-order chi connectivity index (χ0) is 25.8. The summed E-state index contributed by atoms with van der Waals surface area (Å²) in [4.78, 5) is 7.31. The predicted octanol–water partition coefficient (Wildman–Crippen LogP) is 5.88. The Morgan fingerprint density at radius 2 is 1.68 bits per heavy atom. The number of ether oxygens (including phenoxy) is 2. The smallest absolute Gasteiger partial charge is 0.257 e. The highest BCUT2D eigenvalue weighted by atomic mass is 32.1. The topological polar surface area (TPSA) is 46.6 Å². The second kappa shape index (κ2) is 11.1. The maximum atomic E-state index is 6.10. The van der Waals surface area contributed by atoms with Crippen molar-refractivity contribution in [2.45, 2.75) is 37.4 Å². The lowest BCUT2D eigenvalue weighted by atomic mass is 9.88. The van der Waals surface area contributed by atoms with Gasteiger partial charge in [0.05, 0.1) is 17.8 Å². The highest BCUT2D eigenvalue weighted by molar-refractivity contribution is 7.80. The zero-order valence-corrected chi connectivity index (χ0v) is 22.3. The lowest BCUT2D eigenvalue weighted by Gasteiger charge is -2.39. The number of thiocarbonyl (C=S) groups is 1. The summed E-state index contributed by atoms with van der Waals surface area (Å²) < 4.78 is 12.1. The van der Waals surface area contributed by atoms with Gasteiger partial charge in [-0.1, -0.05) is 66.7 Å². The summed E-state index contributed by atoms with van der Waals surface area (Å²) in [7, 11) is 0. The first-order valence-corrected chi connectivity index (χ1v) is 13.9. The van der Waals surface area contributed by atoms with Crippen LogP contribution in [-0.2, 0) is 17.8 Å². The number of nitrogens with one attached hydrogen (secondary N) is 1. The maximum absolute atomic E-state index is 6.10. The molecule has 1 unspecified atom stereocenters. The summed E-state index contributed by atoms with van der Waals surface area (Å²) in [6.45, 7) is 4.35. The van der Waals surface area contributed by atoms with E-state index in [1.165, 1.54) is 11.1 Å². The van der Waals surface area contributed by atoms with Crippen LogP contribution in [0.4, 0.5) is 0 Å². The molecule has 194 valence electrons. The van der Waals surface area contributed by atoms with Crippen LogP contribution in [0.15, 0.2) is 91.0 Å². The number of benzene rings is 3. The van der Waals surface area contributed by atoms with Crippen LogP contribution in [0, 0.1) is 0 Å². The van der Waals surface area contributed by atoms with Crippen molar-refractivity contribution < 1.29 is 9.47 Å². The quantitative estimate of drug-likeness (QED) is 0.291. The van der Waals surface area contributed by atoms with Gasteiger partial charge in [0.2, 0.25) is 0 Å². The van der Waals surface area contributed by atoms with Gasteiger partial charge in [-0.25, -0.2) is 4.98 Å². The molecule has 0 aliphatic carbocycles. The molecule has 6 rings (SSSR count). The molecule has 2 aliphatic heterocycles. The number of nitrogens with zero attached hydrogens (tertiary/aromatic N) is 2. The predicted molar refractivity (Wildman–Crippen MR) is 155 cm³/mol. The molecule has 0 radical (unpaired) electrons. The monoisotopic (exact) mass is 523 g/mol. The van der Waals surface area contributed by atoms with E-state index in [0.29, 0.717) is 17.7 Å². The highest BCUT2D eigenvalue weighted by Gasteiger charge is 2.41. The Morgan fingerprint density at radius 3 is 2.45 bits per heavy atom. The van der Waals surface area contributed by atoms with Crippen LogP contribution >= 0.6 is 12.2 Å². The lowest BCUT2D eigenvalue weighted by molar-refractivity contribution is 0.0189. The molecular weight excluding hydrogens is 490 g/mol. The second-order valence-electron chi connectivity index (χ2n) is 10.5. The van der Waals surface area contributed by atoms with Crippen molar-refractivity contribution in [2.75, 3.05) is 26.2 Å². The van der Waals surface area contributed by atoms with Crippen molar-refractivity contribution >= 4 is 28.3 Å². The van der Waals surface area contributed by atoms with Crippen LogP contribution < -0.4 is 10.1 Å². The maximum Gasteiger partial charge on any atom is 0.257 e. The molecule has 0 bridgehead atoms. The molecule has 6 heteroatoms. The van der Waals surface area contributed by atoms with E-state index in [0.717, 1.165) is 67.8 Å². The molecule has 1 spiro atoms. The minimum Gasteiger partial charge on any atom is -0.487 e. The molecule has 1 aromatic heterocycles. The molecule has 3 heterocycles. The number of aromatic nitrogens is 1. The Morgan fingerprint density at radius 1 is 0.921 bits per heavy atom. The minimum absolute atomic E-state index is 0.110. The van der Waals surface area contributed by atoms with Crippen LogP contribution in [-0.4, -0.2) is 46.8 Å². The first kappa shape index (κ1) is 24.8. The average molecular weight is 524 g/mol. The molecule has 2 saturated heterocycles. The summed E-state index contributed by atoms with van der Waals surface area (Å²) >= 11 is 5.22. The van der Waals surface area contributed by atoms with Crippen LogP contribution in [0.5, 0.6) is 5.75 Å². The van der Waals surface area contributed by atoms with Gasteiger partial charge < -0.3 is 19.7 Å². The SMILES string of the molecule is S=C1NCC2(CCN(CC(Cc3ccccc3)c3ccc(OCc4ccc5ccccc5n4)cc3)CC2)O1. The van der Waals surface area contributed by atoms with E-state index in [4.69, 9.17) is 26.7 Å². The van der Waals surface area contributed by atoms with Gasteiger partial charge in [0.15, 0.2) is 0 Å². The van der Waals surface area contributed by atoms with Gasteiger partial charge in [-0.3, -0.25) is 0 Å². The number of likely N-dealkylation sites (tertiary alicyclic amines) is 1. The molecule has 5 nitrogen and oxygen atoms in total. The van der Waals surface area contributed by atoms with Gasteiger partial charge in [-0.15, -0.1) is 0 Å². The standard InChI is InChI=1S/C32H33N3O2S/c38-31-33-23-32(37-31)16-18-35(19-17-32)21-27(20-24-6-2-1-3-7-24)25-11-14-29(15-12-25)36-22-28-13-10-26-8-4-5-9-30(26)34-28/h1-15,27H,16-23H2,(H,33,38). The molecule has 1 atom stereocenters. The second-order valence-corrected chi connectivity index (χ2v) is 10.8. The van der Waals surface area contributed by atoms with Crippen LogP contribution in [0.25, 0.3) is 10.9 Å². The largest absolute Gasteiger partial charge is 0.487 e. The third kappa shape index (κ3) is 5.82. The Kier molecular flexibility index (Phi) is 7.25. The fourth-order valence-electron chi connectivity index (χ4n) is 5.60. The van der Waals surface area contributed by atoms with Crippen LogP contribution in [0.3, 0.4) is 0 Å². The first-order chi connectivity index (χ1) is 18.6. The molecule has 2 fully saturated rings. The normalized spacial score (nSPS) is 17.7. The molecule has 38 heavy (non-hydrogen) atoms. The third-order valence-corrected chi connectivity index (χ3v) is 8.06. The molecule has 1 N–H and O–H groups in total. The third-order valence-electron chi connectivity index (χ3n) is 7.83. The minimum atomic E-state index is -0.110. The summed E-state index contributed by atoms with van der Waals surface area (Å²) in [5, 5.41) is 4.90. The van der Waals surface area contributed by atoms with Crippen LogP contribution in [0.1, 0.15) is 35.6 Å². The van der Waals surface area contributed by atoms with E-state index in [2.05, 4.69) is 76.9 Å². The number of piperidine rings is 1. The van der Waals surface area contributed by atoms with E-state index >= 15 is 0 Å². The van der Waals surface area contributed by atoms with Gasteiger partial charge in [0, 0.05) is 43.8 Å². The van der Waals surface area contributed by atoms with Crippen molar-refractivity contribution in [2.24, 2.45) is 0 Å². The van der Waals surface area contributed by atoms with Crippen LogP contribution in [0.2, 0.25) is 0 Å². The Balaban J connectivity index is 1.12. The van der Waals surface area contributed by atoms with Crippen molar-refractivity contribution in [3.63, 3.8) is 0 Å². The van der Waals surface area contributed by atoms with E-state index in [1.54, 1.807) is 0 Å². The Hall–Kier alpha value is -3.48. The van der Waals surface area contributed by atoms with Crippen molar-refractivity contribution in [3.05, 3.63) is 108 Å². The number of pyridine rings is 1. The fourth-order valence-corrected chi connectivity index (χ4v) is 5.85. The first-order valence-electron chi connectivity index (χ1n) is 13.4. The van der Waals surface area contributed by atoms with Crippen molar-refractivity contribution in [3.8, 4) is 5.75 Å². The highest BCUT2D eigenvalue weighted by Crippen LogP contribution is 2.32. The molecule has 3 aromatic carbocycles. The van der Waals surface area contributed by atoms with E-state index in [9.17, 15) is 0 Å². The summed E-state index contributed by atoms with van der Waals surface area (Å²) in [5.41, 5.74) is 4.52. The Bertz CT molecular complexity index is 1390. The number of fused-ring (bicyclic) bond motifs is 1. The van der Waals surface area contributed by atoms with Gasteiger partial charge in [0.1, 0.15) is 18.0 Å². The molecule has 0 saturated carbocycles. The molecular formula is C32H33N3O2S. The van der Waals surface area contributed by atoms with Crippen molar-refractivity contribution in [1.29, 1.82) is 0 Å². The molecule has 4 aromatic rings. The molecule has 0 amide bonds. The lowest BCUT2D eigenvalue weighted by Crippen LogP contribution is -2.47. The van der Waals surface area contributed by atoms with Gasteiger partial charge in [-0.05, 0) is 54.0 Å². The van der Waals surface area contributed by atoms with Gasteiger partial charge >= 0.3 is 0 Å². The van der Waals surface area contributed by atoms with Crippen molar-refractivity contribution in [1.82, 2.24) is 15.2 Å². The zero-order valence-electron chi connectivity index (χ0n) is 21.5. The Labute approximate surface area is 229 Å². The van der Waals surface area contributed by atoms with Gasteiger partial charge in [-0.2, -0.15) is 0 Å². The summed E-state index contributed by atoms with van der Waals surface area (Å²) in [6, 6.07) is 31.7. The number of hydrogen-bond donors (Lipinski definition) is 1. The number of hydrogen-bond acceptors (Lipinski definition) is 5.